The van der Waals surface area contributed by atoms with Crippen LogP contribution >= 0.6 is 0 Å². The Morgan fingerprint density at radius 2 is 1.88 bits per heavy atom. The first kappa shape index (κ1) is 18.5. The molecule has 1 aliphatic rings. The number of hydrogen-bond acceptors (Lipinski definition) is 6. The fourth-order valence-electron chi connectivity index (χ4n) is 2.91. The Balaban J connectivity index is 1.54. The molecule has 1 N–H and O–H groups in total. The quantitative estimate of drug-likeness (QED) is 0.847. The number of carbonyl (C=O) groups excluding carboxylic acids is 1. The lowest BCUT2D eigenvalue weighted by Crippen LogP contribution is -2.40. The van der Waals surface area contributed by atoms with Gasteiger partial charge in [-0.15, -0.1) is 5.10 Å². The van der Waals surface area contributed by atoms with E-state index in [1.54, 1.807) is 0 Å². The van der Waals surface area contributed by atoms with E-state index >= 15 is 0 Å². The van der Waals surface area contributed by atoms with Crippen molar-refractivity contribution in [2.75, 3.05) is 24.7 Å². The average molecular weight is 378 g/mol. The highest BCUT2D eigenvalue weighted by atomic mass is 32.2. The molecule has 26 heavy (non-hydrogen) atoms. The Morgan fingerprint density at radius 3 is 2.50 bits per heavy atom. The lowest BCUT2D eigenvalue weighted by Gasteiger charge is -2.29. The highest BCUT2D eigenvalue weighted by Crippen LogP contribution is 2.21. The molecule has 1 fully saturated rings. The summed E-state index contributed by atoms with van der Waals surface area (Å²) in [6.45, 7) is 2.71. The average Bonchev–Trinajstić information content (AvgIpc) is 3.03. The van der Waals surface area contributed by atoms with Crippen LogP contribution in [0.4, 0.5) is 6.01 Å². The number of nitrogens with zero attached hydrogens (tertiary/aromatic N) is 3. The number of aryl methyl sites for hydroxylation is 1. The first-order valence-corrected chi connectivity index (χ1v) is 10.3. The van der Waals surface area contributed by atoms with Gasteiger partial charge in [-0.25, -0.2) is 12.7 Å². The monoisotopic (exact) mass is 378 g/mol. The topological polar surface area (TPSA) is 105 Å². The van der Waals surface area contributed by atoms with Crippen LogP contribution in [-0.4, -0.2) is 48.2 Å². The summed E-state index contributed by atoms with van der Waals surface area (Å²) in [7, 11) is -3.20. The molecule has 0 bridgehead atoms. The van der Waals surface area contributed by atoms with Crippen molar-refractivity contribution < 1.29 is 17.6 Å². The highest BCUT2D eigenvalue weighted by molar-refractivity contribution is 7.88. The molecule has 1 aromatic heterocycles. The molecule has 1 saturated heterocycles. The second kappa shape index (κ2) is 7.55. The van der Waals surface area contributed by atoms with E-state index in [9.17, 15) is 13.2 Å². The largest absolute Gasteiger partial charge is 0.407 e. The molecule has 0 unspecified atom stereocenters. The molecule has 2 heterocycles. The number of hydrogen-bond donors (Lipinski definition) is 1. The maximum atomic E-state index is 12.3. The number of piperidine rings is 1. The number of amides is 1. The van der Waals surface area contributed by atoms with Crippen LogP contribution in [0, 0.1) is 12.8 Å². The summed E-state index contributed by atoms with van der Waals surface area (Å²) in [5.41, 5.74) is 2.22. The number of anilines is 1. The number of benzene rings is 1. The maximum absolute atomic E-state index is 12.3. The van der Waals surface area contributed by atoms with Gasteiger partial charge >= 0.3 is 6.01 Å². The fourth-order valence-corrected chi connectivity index (χ4v) is 3.79. The first-order chi connectivity index (χ1) is 12.3. The molecule has 3 rings (SSSR count). The van der Waals surface area contributed by atoms with E-state index in [1.807, 2.05) is 31.2 Å². The second-order valence-corrected chi connectivity index (χ2v) is 8.57. The smallest absolute Gasteiger partial charge is 0.322 e. The molecule has 140 valence electrons. The van der Waals surface area contributed by atoms with Crippen molar-refractivity contribution >= 4 is 21.9 Å². The zero-order chi connectivity index (χ0) is 18.7. The Morgan fingerprint density at radius 1 is 1.23 bits per heavy atom. The zero-order valence-corrected chi connectivity index (χ0v) is 15.6. The number of aromatic nitrogens is 2. The highest BCUT2D eigenvalue weighted by Gasteiger charge is 2.29. The van der Waals surface area contributed by atoms with Gasteiger partial charge in [0.2, 0.25) is 21.8 Å². The normalized spacial score (nSPS) is 16.5. The maximum Gasteiger partial charge on any atom is 0.322 e. The van der Waals surface area contributed by atoms with Crippen molar-refractivity contribution in [2.24, 2.45) is 5.92 Å². The third-order valence-electron chi connectivity index (χ3n) is 4.47. The predicted molar refractivity (Wildman–Crippen MR) is 96.1 cm³/mol. The van der Waals surface area contributed by atoms with Crippen molar-refractivity contribution in [1.82, 2.24) is 14.5 Å². The zero-order valence-electron chi connectivity index (χ0n) is 14.8. The summed E-state index contributed by atoms with van der Waals surface area (Å²) in [6, 6.07) is 8.08. The minimum absolute atomic E-state index is 0.0719. The Kier molecular flexibility index (Phi) is 5.38. The van der Waals surface area contributed by atoms with E-state index < -0.39 is 10.0 Å². The Bertz CT molecular complexity index is 868. The molecular formula is C17H22N4O4S. The van der Waals surface area contributed by atoms with Gasteiger partial charge in [0.25, 0.3) is 0 Å². The van der Waals surface area contributed by atoms with Gasteiger partial charge in [0, 0.05) is 19.0 Å². The number of sulfonamides is 1. The molecular weight excluding hydrogens is 356 g/mol. The second-order valence-electron chi connectivity index (χ2n) is 6.59. The molecule has 0 aliphatic carbocycles. The molecule has 2 aromatic rings. The van der Waals surface area contributed by atoms with Gasteiger partial charge in [-0.3, -0.25) is 10.1 Å². The fraction of sp³-hybridized carbons (Fsp3) is 0.471. The molecule has 0 saturated carbocycles. The summed E-state index contributed by atoms with van der Waals surface area (Å²) < 4.78 is 29.9. The third kappa shape index (κ3) is 4.67. The van der Waals surface area contributed by atoms with Gasteiger partial charge < -0.3 is 4.42 Å². The molecule has 0 atom stereocenters. The Labute approximate surface area is 152 Å². The van der Waals surface area contributed by atoms with E-state index in [2.05, 4.69) is 15.5 Å². The van der Waals surface area contributed by atoms with Crippen molar-refractivity contribution in [3.8, 4) is 0 Å². The van der Waals surface area contributed by atoms with Crippen LogP contribution in [0.3, 0.4) is 0 Å². The molecule has 1 aliphatic heterocycles. The first-order valence-electron chi connectivity index (χ1n) is 8.45. The van der Waals surface area contributed by atoms with Crippen LogP contribution < -0.4 is 5.32 Å². The minimum atomic E-state index is -3.20. The summed E-state index contributed by atoms with van der Waals surface area (Å²) >= 11 is 0. The van der Waals surface area contributed by atoms with E-state index in [-0.39, 0.29) is 17.8 Å². The van der Waals surface area contributed by atoms with Gasteiger partial charge in [-0.1, -0.05) is 34.9 Å². The van der Waals surface area contributed by atoms with E-state index in [0.717, 1.165) is 5.56 Å². The standard InChI is InChI=1S/C17H22N4O4S/c1-12-3-5-13(6-4-12)11-15-19-20-17(25-15)18-16(22)14-7-9-21(10-8-14)26(2,23)24/h3-6,14H,7-11H2,1-2H3,(H,18,20,22). The van der Waals surface area contributed by atoms with Crippen LogP contribution in [0.2, 0.25) is 0 Å². The van der Waals surface area contributed by atoms with Crippen LogP contribution in [-0.2, 0) is 21.2 Å². The molecule has 0 spiro atoms. The molecule has 1 amide bonds. The SMILES string of the molecule is Cc1ccc(Cc2nnc(NC(=O)C3CCN(S(C)(=O)=O)CC3)o2)cc1. The van der Waals surface area contributed by atoms with Crippen LogP contribution in [0.25, 0.3) is 0 Å². The molecule has 8 nitrogen and oxygen atoms in total. The summed E-state index contributed by atoms with van der Waals surface area (Å²) in [6.07, 6.45) is 2.63. The van der Waals surface area contributed by atoms with Gasteiger partial charge in [0.1, 0.15) is 0 Å². The molecule has 0 radical (unpaired) electrons. The number of rotatable bonds is 5. The van der Waals surface area contributed by atoms with Gasteiger partial charge in [-0.2, -0.15) is 0 Å². The minimum Gasteiger partial charge on any atom is -0.407 e. The molecule has 1 aromatic carbocycles. The van der Waals surface area contributed by atoms with Gasteiger partial charge in [0.05, 0.1) is 12.7 Å². The number of carbonyl (C=O) groups is 1. The predicted octanol–water partition coefficient (Wildman–Crippen LogP) is 1.58. The number of nitrogens with one attached hydrogen (secondary N) is 1. The van der Waals surface area contributed by atoms with Crippen molar-refractivity contribution in [3.05, 3.63) is 41.3 Å². The van der Waals surface area contributed by atoms with Crippen molar-refractivity contribution in [2.45, 2.75) is 26.2 Å². The lowest BCUT2D eigenvalue weighted by molar-refractivity contribution is -0.121. The summed E-state index contributed by atoms with van der Waals surface area (Å²) in [4.78, 5) is 12.3. The van der Waals surface area contributed by atoms with E-state index in [4.69, 9.17) is 4.42 Å². The van der Waals surface area contributed by atoms with Gasteiger partial charge in [-0.05, 0) is 25.3 Å². The van der Waals surface area contributed by atoms with E-state index in [1.165, 1.54) is 16.1 Å². The Hall–Kier alpha value is -2.26. The third-order valence-corrected chi connectivity index (χ3v) is 5.77. The van der Waals surface area contributed by atoms with E-state index in [0.29, 0.717) is 38.2 Å². The van der Waals surface area contributed by atoms with Crippen LogP contribution in [0.5, 0.6) is 0 Å². The van der Waals surface area contributed by atoms with Crippen molar-refractivity contribution in [1.29, 1.82) is 0 Å². The van der Waals surface area contributed by atoms with Gasteiger partial charge in [0.15, 0.2) is 0 Å². The summed E-state index contributed by atoms with van der Waals surface area (Å²) in [5, 5.41) is 10.5. The van der Waals surface area contributed by atoms with Crippen molar-refractivity contribution in [3.63, 3.8) is 0 Å². The lowest BCUT2D eigenvalue weighted by atomic mass is 9.97. The van der Waals surface area contributed by atoms with Crippen LogP contribution in [0.15, 0.2) is 28.7 Å². The molecule has 9 heteroatoms. The van der Waals surface area contributed by atoms with Crippen LogP contribution in [0.1, 0.15) is 29.9 Å². The summed E-state index contributed by atoms with van der Waals surface area (Å²) in [5.74, 6) is -0.0554.